The maximum absolute atomic E-state index is 13.4. The van der Waals surface area contributed by atoms with Crippen LogP contribution in [-0.2, 0) is 14.3 Å². The van der Waals surface area contributed by atoms with Gasteiger partial charge in [0.05, 0.1) is 7.11 Å². The zero-order valence-electron chi connectivity index (χ0n) is 14.7. The van der Waals surface area contributed by atoms with E-state index in [4.69, 9.17) is 4.74 Å². The van der Waals surface area contributed by atoms with Crippen LogP contribution in [0.15, 0.2) is 47.8 Å². The first-order chi connectivity index (χ1) is 11.7. The minimum absolute atomic E-state index is 0.00878. The SMILES string of the molecule is C=C1NC2=C(C(=O)CC(C)(C)C2)C(c2ccc(F)cc2)C1C(=O)OC. The molecular weight excluding hydrogens is 321 g/mol. The average Bonchev–Trinajstić information content (AvgIpc) is 2.52. The number of benzene rings is 1. The summed E-state index contributed by atoms with van der Waals surface area (Å²) in [6.45, 7) is 8.07. The highest BCUT2D eigenvalue weighted by Gasteiger charge is 2.46. The van der Waals surface area contributed by atoms with Gasteiger partial charge in [-0.3, -0.25) is 9.59 Å². The first-order valence-corrected chi connectivity index (χ1v) is 8.29. The maximum atomic E-state index is 13.4. The highest BCUT2D eigenvalue weighted by atomic mass is 19.1. The minimum atomic E-state index is -0.723. The van der Waals surface area contributed by atoms with Gasteiger partial charge in [-0.25, -0.2) is 4.39 Å². The van der Waals surface area contributed by atoms with Crippen LogP contribution in [0.4, 0.5) is 4.39 Å². The highest BCUT2D eigenvalue weighted by Crippen LogP contribution is 2.48. The lowest BCUT2D eigenvalue weighted by Crippen LogP contribution is -2.43. The Kier molecular flexibility index (Phi) is 4.27. The predicted molar refractivity (Wildman–Crippen MR) is 92.0 cm³/mol. The molecule has 132 valence electrons. The monoisotopic (exact) mass is 343 g/mol. The smallest absolute Gasteiger partial charge is 0.315 e. The van der Waals surface area contributed by atoms with E-state index in [0.717, 1.165) is 5.70 Å². The van der Waals surface area contributed by atoms with Gasteiger partial charge < -0.3 is 10.1 Å². The molecule has 1 aliphatic carbocycles. The van der Waals surface area contributed by atoms with Crippen LogP contribution in [0.25, 0.3) is 0 Å². The molecule has 2 unspecified atom stereocenters. The Bertz CT molecular complexity index is 777. The summed E-state index contributed by atoms with van der Waals surface area (Å²) in [5.41, 5.74) is 2.45. The van der Waals surface area contributed by atoms with Gasteiger partial charge in [-0.2, -0.15) is 0 Å². The molecule has 2 atom stereocenters. The van der Waals surface area contributed by atoms with Crippen molar-refractivity contribution in [3.63, 3.8) is 0 Å². The third-order valence-corrected chi connectivity index (χ3v) is 4.94. The Hall–Kier alpha value is -2.43. The van der Waals surface area contributed by atoms with Crippen molar-refractivity contribution in [1.82, 2.24) is 5.32 Å². The number of hydrogen-bond donors (Lipinski definition) is 1. The van der Waals surface area contributed by atoms with Crippen molar-refractivity contribution in [2.45, 2.75) is 32.6 Å². The minimum Gasteiger partial charge on any atom is -0.468 e. The number of methoxy groups -OCH3 is 1. The van der Waals surface area contributed by atoms with Crippen LogP contribution >= 0.6 is 0 Å². The predicted octanol–water partition coefficient (Wildman–Crippen LogP) is 3.46. The Labute approximate surface area is 146 Å². The van der Waals surface area contributed by atoms with Crippen molar-refractivity contribution in [2.24, 2.45) is 11.3 Å². The molecule has 5 heteroatoms. The highest BCUT2D eigenvalue weighted by molar-refractivity contribution is 6.00. The lowest BCUT2D eigenvalue weighted by Gasteiger charge is -2.42. The molecule has 25 heavy (non-hydrogen) atoms. The Morgan fingerprint density at radius 2 is 1.92 bits per heavy atom. The number of hydrogen-bond acceptors (Lipinski definition) is 4. The second-order valence-corrected chi connectivity index (χ2v) is 7.51. The molecule has 0 fully saturated rings. The van der Waals surface area contributed by atoms with Gasteiger partial charge in [-0.1, -0.05) is 32.6 Å². The topological polar surface area (TPSA) is 55.4 Å². The summed E-state index contributed by atoms with van der Waals surface area (Å²) in [6.07, 6.45) is 1.10. The number of carbonyl (C=O) groups excluding carboxylic acids is 2. The number of ketones is 1. The third kappa shape index (κ3) is 3.11. The van der Waals surface area contributed by atoms with E-state index in [1.807, 2.05) is 13.8 Å². The van der Waals surface area contributed by atoms with Crippen molar-refractivity contribution in [3.8, 4) is 0 Å². The number of Topliss-reactive ketones (excluding diaryl/α,β-unsaturated/α-hetero) is 1. The molecule has 0 radical (unpaired) electrons. The number of halogens is 1. The van der Waals surface area contributed by atoms with Gasteiger partial charge in [0.1, 0.15) is 11.7 Å². The molecule has 0 amide bonds. The Balaban J connectivity index is 2.18. The number of rotatable bonds is 2. The van der Waals surface area contributed by atoms with Gasteiger partial charge in [-0.05, 0) is 29.5 Å². The second kappa shape index (κ2) is 6.14. The summed E-state index contributed by atoms with van der Waals surface area (Å²) in [4.78, 5) is 25.3. The summed E-state index contributed by atoms with van der Waals surface area (Å²) in [5.74, 6) is -2.05. The summed E-state index contributed by atoms with van der Waals surface area (Å²) in [7, 11) is 1.31. The third-order valence-electron chi connectivity index (χ3n) is 4.94. The fourth-order valence-electron chi connectivity index (χ4n) is 3.88. The molecular formula is C20H22FNO3. The van der Waals surface area contributed by atoms with Crippen molar-refractivity contribution in [2.75, 3.05) is 7.11 Å². The summed E-state index contributed by atoms with van der Waals surface area (Å²) >= 11 is 0. The van der Waals surface area contributed by atoms with Crippen molar-refractivity contribution < 1.29 is 18.7 Å². The van der Waals surface area contributed by atoms with Crippen LogP contribution in [0, 0.1) is 17.2 Å². The van der Waals surface area contributed by atoms with Crippen LogP contribution in [0.1, 0.15) is 38.2 Å². The summed E-state index contributed by atoms with van der Waals surface area (Å²) < 4.78 is 18.3. The first kappa shape index (κ1) is 17.4. The van der Waals surface area contributed by atoms with E-state index in [1.54, 1.807) is 12.1 Å². The van der Waals surface area contributed by atoms with Crippen LogP contribution in [-0.4, -0.2) is 18.9 Å². The lowest BCUT2D eigenvalue weighted by molar-refractivity contribution is -0.144. The van der Waals surface area contributed by atoms with Gasteiger partial charge >= 0.3 is 5.97 Å². The molecule has 1 aliphatic heterocycles. The van der Waals surface area contributed by atoms with E-state index >= 15 is 0 Å². The molecule has 1 aromatic carbocycles. The van der Waals surface area contributed by atoms with E-state index in [9.17, 15) is 14.0 Å². The summed E-state index contributed by atoms with van der Waals surface area (Å²) in [6, 6.07) is 5.91. The van der Waals surface area contributed by atoms with Crippen LogP contribution in [0.3, 0.4) is 0 Å². The molecule has 0 aromatic heterocycles. The van der Waals surface area contributed by atoms with Gasteiger partial charge in [0.15, 0.2) is 5.78 Å². The first-order valence-electron chi connectivity index (χ1n) is 8.29. The van der Waals surface area contributed by atoms with Crippen molar-refractivity contribution in [1.29, 1.82) is 0 Å². The zero-order chi connectivity index (χ0) is 18.4. The second-order valence-electron chi connectivity index (χ2n) is 7.51. The molecule has 3 rings (SSSR count). The standard InChI is InChI=1S/C20H22FNO3/c1-11-16(19(24)25-4)17(12-5-7-13(21)8-6-12)18-14(22-11)9-20(2,3)10-15(18)23/h5-8,16-17,22H,1,9-10H2,2-4H3. The molecule has 2 aliphatic rings. The Morgan fingerprint density at radius 3 is 2.52 bits per heavy atom. The van der Waals surface area contributed by atoms with E-state index < -0.39 is 17.8 Å². The van der Waals surface area contributed by atoms with Crippen LogP contribution in [0.2, 0.25) is 0 Å². The maximum Gasteiger partial charge on any atom is 0.315 e. The molecule has 4 nitrogen and oxygen atoms in total. The van der Waals surface area contributed by atoms with Gasteiger partial charge in [0, 0.05) is 29.3 Å². The Morgan fingerprint density at radius 1 is 1.28 bits per heavy atom. The molecule has 0 saturated heterocycles. The molecule has 1 heterocycles. The van der Waals surface area contributed by atoms with E-state index in [-0.39, 0.29) is 17.0 Å². The largest absolute Gasteiger partial charge is 0.468 e. The van der Waals surface area contributed by atoms with Gasteiger partial charge in [-0.15, -0.1) is 0 Å². The van der Waals surface area contributed by atoms with Gasteiger partial charge in [0.25, 0.3) is 0 Å². The summed E-state index contributed by atoms with van der Waals surface area (Å²) in [5, 5.41) is 3.17. The number of carbonyl (C=O) groups is 2. The fraction of sp³-hybridized carbons (Fsp3) is 0.400. The molecule has 0 bridgehead atoms. The molecule has 0 saturated carbocycles. The van der Waals surface area contributed by atoms with E-state index in [2.05, 4.69) is 11.9 Å². The molecule has 0 spiro atoms. The number of esters is 1. The molecule has 1 N–H and O–H groups in total. The average molecular weight is 343 g/mol. The van der Waals surface area contributed by atoms with Crippen molar-refractivity contribution in [3.05, 3.63) is 59.2 Å². The molecule has 1 aromatic rings. The van der Waals surface area contributed by atoms with Crippen molar-refractivity contribution >= 4 is 11.8 Å². The van der Waals surface area contributed by atoms with Crippen LogP contribution < -0.4 is 5.32 Å². The lowest BCUT2D eigenvalue weighted by atomic mass is 9.66. The van der Waals surface area contributed by atoms with E-state index in [0.29, 0.717) is 29.7 Å². The zero-order valence-corrected chi connectivity index (χ0v) is 14.7. The number of ether oxygens (including phenoxy) is 1. The van der Waals surface area contributed by atoms with Crippen LogP contribution in [0.5, 0.6) is 0 Å². The normalized spacial score (nSPS) is 25.3. The number of allylic oxidation sites excluding steroid dienone is 2. The van der Waals surface area contributed by atoms with Gasteiger partial charge in [0.2, 0.25) is 0 Å². The number of nitrogens with one attached hydrogen (secondary N) is 1. The van der Waals surface area contributed by atoms with E-state index in [1.165, 1.54) is 19.2 Å². The fourth-order valence-corrected chi connectivity index (χ4v) is 3.88. The quantitative estimate of drug-likeness (QED) is 0.836.